The molecular weight excluding hydrogens is 238 g/mol. The molecular formula is C14H19N5. The molecule has 2 aromatic heterocycles. The van der Waals surface area contributed by atoms with Crippen molar-refractivity contribution in [2.75, 3.05) is 0 Å². The number of aromatic nitrogens is 4. The van der Waals surface area contributed by atoms with Crippen molar-refractivity contribution in [2.24, 2.45) is 0 Å². The van der Waals surface area contributed by atoms with Crippen LogP contribution in [0.25, 0.3) is 11.5 Å². The largest absolute Gasteiger partial charge is 0.309 e. The van der Waals surface area contributed by atoms with E-state index in [1.807, 2.05) is 26.0 Å². The van der Waals surface area contributed by atoms with Gasteiger partial charge in [-0.15, -0.1) is 0 Å². The predicted molar refractivity (Wildman–Crippen MR) is 74.5 cm³/mol. The van der Waals surface area contributed by atoms with Gasteiger partial charge in [-0.2, -0.15) is 0 Å². The third kappa shape index (κ3) is 3.79. The van der Waals surface area contributed by atoms with Crippen LogP contribution in [0.2, 0.25) is 0 Å². The molecule has 5 heteroatoms. The van der Waals surface area contributed by atoms with Crippen LogP contribution in [-0.2, 0) is 6.54 Å². The van der Waals surface area contributed by atoms with Gasteiger partial charge in [-0.25, -0.2) is 19.9 Å². The summed E-state index contributed by atoms with van der Waals surface area (Å²) in [6, 6.07) is 4.26. The van der Waals surface area contributed by atoms with E-state index in [1.165, 1.54) is 0 Å². The van der Waals surface area contributed by atoms with Crippen molar-refractivity contribution in [3.63, 3.8) is 0 Å². The maximum atomic E-state index is 4.55. The van der Waals surface area contributed by atoms with Crippen LogP contribution in [0.4, 0.5) is 0 Å². The van der Waals surface area contributed by atoms with E-state index in [0.29, 0.717) is 11.9 Å². The Balaban J connectivity index is 2.31. The van der Waals surface area contributed by atoms with Crippen molar-refractivity contribution in [1.82, 2.24) is 25.3 Å². The van der Waals surface area contributed by atoms with Gasteiger partial charge < -0.3 is 5.32 Å². The van der Waals surface area contributed by atoms with Crippen molar-refractivity contribution in [3.05, 3.63) is 35.5 Å². The fourth-order valence-corrected chi connectivity index (χ4v) is 1.73. The molecule has 100 valence electrons. The Morgan fingerprint density at radius 3 is 2.63 bits per heavy atom. The second kappa shape index (κ2) is 5.84. The summed E-state index contributed by atoms with van der Waals surface area (Å²) in [5, 5.41) is 3.36. The topological polar surface area (TPSA) is 63.6 Å². The highest BCUT2D eigenvalue weighted by atomic mass is 15.0. The summed E-state index contributed by atoms with van der Waals surface area (Å²) in [6.07, 6.45) is 1.73. The highest BCUT2D eigenvalue weighted by Crippen LogP contribution is 2.13. The van der Waals surface area contributed by atoms with Crippen LogP contribution >= 0.6 is 0 Å². The van der Waals surface area contributed by atoms with Crippen molar-refractivity contribution in [2.45, 2.75) is 40.3 Å². The third-order valence-electron chi connectivity index (χ3n) is 2.60. The highest BCUT2D eigenvalue weighted by molar-refractivity contribution is 5.48. The quantitative estimate of drug-likeness (QED) is 0.908. The Kier molecular flexibility index (Phi) is 4.16. The van der Waals surface area contributed by atoms with E-state index in [1.54, 1.807) is 6.20 Å². The summed E-state index contributed by atoms with van der Waals surface area (Å²) in [5.41, 5.74) is 2.69. The molecule has 0 amide bonds. The lowest BCUT2D eigenvalue weighted by Crippen LogP contribution is -2.22. The van der Waals surface area contributed by atoms with E-state index in [9.17, 15) is 0 Å². The van der Waals surface area contributed by atoms with E-state index in [-0.39, 0.29) is 0 Å². The third-order valence-corrected chi connectivity index (χ3v) is 2.60. The maximum Gasteiger partial charge on any atom is 0.178 e. The first kappa shape index (κ1) is 13.5. The van der Waals surface area contributed by atoms with Gasteiger partial charge in [-0.1, -0.05) is 13.8 Å². The zero-order valence-corrected chi connectivity index (χ0v) is 11.8. The number of rotatable bonds is 4. The molecule has 19 heavy (non-hydrogen) atoms. The van der Waals surface area contributed by atoms with Gasteiger partial charge in [0.15, 0.2) is 5.82 Å². The van der Waals surface area contributed by atoms with Crippen LogP contribution in [0, 0.1) is 13.8 Å². The SMILES string of the molecule is Cc1cc(CNC(C)C)nc(-c2ccnc(C)n2)n1. The van der Waals surface area contributed by atoms with E-state index in [4.69, 9.17) is 0 Å². The fraction of sp³-hybridized carbons (Fsp3) is 0.429. The molecule has 0 spiro atoms. The molecule has 0 aliphatic heterocycles. The van der Waals surface area contributed by atoms with Gasteiger partial charge in [0.1, 0.15) is 11.5 Å². The molecule has 0 saturated heterocycles. The summed E-state index contributed by atoms with van der Waals surface area (Å²) in [6.45, 7) is 8.79. The van der Waals surface area contributed by atoms with Gasteiger partial charge in [0.05, 0.1) is 5.69 Å². The number of nitrogens with one attached hydrogen (secondary N) is 1. The number of hydrogen-bond acceptors (Lipinski definition) is 5. The minimum absolute atomic E-state index is 0.431. The van der Waals surface area contributed by atoms with Crippen LogP contribution in [0.1, 0.15) is 31.1 Å². The Labute approximate surface area is 113 Å². The van der Waals surface area contributed by atoms with Crippen molar-refractivity contribution >= 4 is 0 Å². The van der Waals surface area contributed by atoms with E-state index < -0.39 is 0 Å². The monoisotopic (exact) mass is 257 g/mol. The molecule has 0 aliphatic carbocycles. The first-order valence-electron chi connectivity index (χ1n) is 6.42. The normalized spacial score (nSPS) is 11.0. The molecule has 0 unspecified atom stereocenters. The van der Waals surface area contributed by atoms with Crippen LogP contribution in [0.15, 0.2) is 18.3 Å². The van der Waals surface area contributed by atoms with Gasteiger partial charge in [0, 0.05) is 24.5 Å². The molecule has 0 bridgehead atoms. The second-order valence-corrected chi connectivity index (χ2v) is 4.85. The molecule has 5 nitrogen and oxygen atoms in total. The summed E-state index contributed by atoms with van der Waals surface area (Å²) in [7, 11) is 0. The molecule has 2 rings (SSSR count). The predicted octanol–water partition coefficient (Wildman–Crippen LogP) is 2.05. The van der Waals surface area contributed by atoms with Crippen LogP contribution < -0.4 is 5.32 Å². The van der Waals surface area contributed by atoms with Crippen LogP contribution in [0.5, 0.6) is 0 Å². The summed E-state index contributed by atoms with van der Waals surface area (Å²) in [4.78, 5) is 17.5. The summed E-state index contributed by atoms with van der Waals surface area (Å²) >= 11 is 0. The first-order valence-corrected chi connectivity index (χ1v) is 6.42. The molecule has 2 aromatic rings. The van der Waals surface area contributed by atoms with Gasteiger partial charge in [-0.3, -0.25) is 0 Å². The Hall–Kier alpha value is -1.88. The zero-order chi connectivity index (χ0) is 13.8. The number of aryl methyl sites for hydroxylation is 2. The first-order chi connectivity index (χ1) is 9.04. The molecule has 0 aromatic carbocycles. The van der Waals surface area contributed by atoms with Gasteiger partial charge in [0.25, 0.3) is 0 Å². The van der Waals surface area contributed by atoms with Gasteiger partial charge in [0.2, 0.25) is 0 Å². The molecule has 0 aliphatic rings. The lowest BCUT2D eigenvalue weighted by atomic mass is 10.3. The van der Waals surface area contributed by atoms with Crippen LogP contribution in [0.3, 0.4) is 0 Å². The van der Waals surface area contributed by atoms with E-state index in [2.05, 4.69) is 39.1 Å². The summed E-state index contributed by atoms with van der Waals surface area (Å²) < 4.78 is 0. The lowest BCUT2D eigenvalue weighted by molar-refractivity contribution is 0.580. The van der Waals surface area contributed by atoms with Crippen molar-refractivity contribution < 1.29 is 0 Å². The molecule has 0 atom stereocenters. The molecule has 2 heterocycles. The second-order valence-electron chi connectivity index (χ2n) is 4.85. The number of nitrogens with zero attached hydrogens (tertiary/aromatic N) is 4. The molecule has 0 saturated carbocycles. The Morgan fingerprint density at radius 2 is 1.95 bits per heavy atom. The lowest BCUT2D eigenvalue weighted by Gasteiger charge is -2.09. The van der Waals surface area contributed by atoms with Gasteiger partial charge in [-0.05, 0) is 26.0 Å². The fourth-order valence-electron chi connectivity index (χ4n) is 1.73. The van der Waals surface area contributed by atoms with Crippen LogP contribution in [-0.4, -0.2) is 26.0 Å². The van der Waals surface area contributed by atoms with E-state index in [0.717, 1.165) is 29.5 Å². The maximum absolute atomic E-state index is 4.55. The van der Waals surface area contributed by atoms with Gasteiger partial charge >= 0.3 is 0 Å². The Bertz CT molecular complexity index is 566. The molecule has 1 N–H and O–H groups in total. The standard InChI is InChI=1S/C14H19N5/c1-9(2)16-8-12-7-10(3)17-14(19-12)13-5-6-15-11(4)18-13/h5-7,9,16H,8H2,1-4H3. The summed E-state index contributed by atoms with van der Waals surface area (Å²) in [5.74, 6) is 1.38. The average molecular weight is 257 g/mol. The highest BCUT2D eigenvalue weighted by Gasteiger charge is 2.07. The smallest absolute Gasteiger partial charge is 0.178 e. The molecule has 0 radical (unpaired) electrons. The average Bonchev–Trinajstić information content (AvgIpc) is 2.36. The number of hydrogen-bond donors (Lipinski definition) is 1. The minimum atomic E-state index is 0.431. The van der Waals surface area contributed by atoms with Crippen molar-refractivity contribution in [3.8, 4) is 11.5 Å². The van der Waals surface area contributed by atoms with Crippen molar-refractivity contribution in [1.29, 1.82) is 0 Å². The zero-order valence-electron chi connectivity index (χ0n) is 11.8. The van der Waals surface area contributed by atoms with E-state index >= 15 is 0 Å². The molecule has 0 fully saturated rings. The Morgan fingerprint density at radius 1 is 1.16 bits per heavy atom. The minimum Gasteiger partial charge on any atom is -0.309 e.